The minimum Gasteiger partial charge on any atom is -0.478 e. The molecule has 5 rings (SSSR count). The van der Waals surface area contributed by atoms with Crippen LogP contribution in [0.15, 0.2) is 90.1 Å². The number of para-hydroxylation sites is 2. The molecule has 9 nitrogen and oxygen atoms in total. The topological polar surface area (TPSA) is 123 Å². The molecule has 0 fully saturated rings. The summed E-state index contributed by atoms with van der Waals surface area (Å²) in [6.45, 7) is 1.78. The Morgan fingerprint density at radius 3 is 2.44 bits per heavy atom. The zero-order valence-electron chi connectivity index (χ0n) is 19.1. The number of thioether (sulfide) groups is 1. The molecule has 2 N–H and O–H groups in total. The molecule has 2 heterocycles. The molecule has 0 aliphatic carbocycles. The van der Waals surface area contributed by atoms with Gasteiger partial charge in [0.2, 0.25) is 11.1 Å². The summed E-state index contributed by atoms with van der Waals surface area (Å²) in [4.78, 5) is 29.2. The van der Waals surface area contributed by atoms with Crippen LogP contribution in [0.25, 0.3) is 27.8 Å². The molecule has 0 saturated carbocycles. The largest absolute Gasteiger partial charge is 0.478 e. The second kappa shape index (κ2) is 9.96. The van der Waals surface area contributed by atoms with Gasteiger partial charge < -0.3 is 10.4 Å². The summed E-state index contributed by atoms with van der Waals surface area (Å²) in [5.41, 5.74) is 3.50. The van der Waals surface area contributed by atoms with Crippen LogP contribution in [0.1, 0.15) is 17.3 Å². The van der Waals surface area contributed by atoms with Crippen molar-refractivity contribution in [3.05, 3.63) is 90.5 Å². The minimum absolute atomic E-state index is 0.191. The molecule has 5 aromatic rings. The number of nitrogens with one attached hydrogen (secondary N) is 1. The number of rotatable bonds is 7. The Morgan fingerprint density at radius 1 is 0.972 bits per heavy atom. The second-order valence-corrected chi connectivity index (χ2v) is 9.22. The third kappa shape index (κ3) is 4.80. The zero-order valence-corrected chi connectivity index (χ0v) is 19.9. The van der Waals surface area contributed by atoms with E-state index in [0.717, 1.165) is 11.3 Å². The van der Waals surface area contributed by atoms with Crippen molar-refractivity contribution in [2.45, 2.75) is 17.3 Å². The van der Waals surface area contributed by atoms with Gasteiger partial charge in [0.15, 0.2) is 0 Å². The molecule has 3 aromatic carbocycles. The number of carbonyl (C=O) groups is 2. The highest BCUT2D eigenvalue weighted by Gasteiger charge is 2.20. The molecule has 1 unspecified atom stereocenters. The van der Waals surface area contributed by atoms with E-state index in [0.29, 0.717) is 27.4 Å². The molecular formula is C26H20N6O3S. The monoisotopic (exact) mass is 496 g/mol. The number of tetrazole rings is 1. The van der Waals surface area contributed by atoms with Gasteiger partial charge in [-0.2, -0.15) is 4.68 Å². The van der Waals surface area contributed by atoms with Gasteiger partial charge in [-0.25, -0.2) is 9.78 Å². The lowest BCUT2D eigenvalue weighted by atomic mass is 10.0. The SMILES string of the molecule is CC(Sc1nnnn1-c1ccccc1)C(=O)Nc1ccc(-c2cc(C(=O)O)c3ccccc3n2)cc1. The standard InChI is InChI=1S/C26H20N6O3S/c1-16(36-26-29-30-31-32(26)19-7-3-2-4-8-19)24(33)27-18-13-11-17(12-14-18)23-15-21(25(34)35)20-9-5-6-10-22(20)28-23/h2-16H,1H3,(H,27,33)(H,34,35). The van der Waals surface area contributed by atoms with Crippen molar-refractivity contribution in [1.29, 1.82) is 0 Å². The van der Waals surface area contributed by atoms with Crippen LogP contribution in [0.5, 0.6) is 0 Å². The number of anilines is 1. The first kappa shape index (κ1) is 23.2. The number of nitrogens with zero attached hydrogens (tertiary/aromatic N) is 5. The van der Waals surface area contributed by atoms with Crippen LogP contribution in [-0.4, -0.2) is 47.4 Å². The predicted octanol–water partition coefficient (Wildman–Crippen LogP) is 4.70. The van der Waals surface area contributed by atoms with Crippen molar-refractivity contribution in [3.8, 4) is 16.9 Å². The van der Waals surface area contributed by atoms with Crippen molar-refractivity contribution in [2.75, 3.05) is 5.32 Å². The first-order valence-electron chi connectivity index (χ1n) is 11.0. The molecule has 0 bridgehead atoms. The van der Waals surface area contributed by atoms with Gasteiger partial charge in [-0.3, -0.25) is 4.79 Å². The molecule has 1 atom stereocenters. The van der Waals surface area contributed by atoms with E-state index >= 15 is 0 Å². The number of amides is 1. The highest BCUT2D eigenvalue weighted by molar-refractivity contribution is 8.00. The summed E-state index contributed by atoms with van der Waals surface area (Å²) in [6.07, 6.45) is 0. The Hall–Kier alpha value is -4.57. The lowest BCUT2D eigenvalue weighted by Gasteiger charge is -2.12. The number of carboxylic acid groups (broad SMARTS) is 1. The molecule has 178 valence electrons. The number of benzene rings is 3. The summed E-state index contributed by atoms with van der Waals surface area (Å²) in [7, 11) is 0. The van der Waals surface area contributed by atoms with Gasteiger partial charge in [0.05, 0.1) is 27.7 Å². The van der Waals surface area contributed by atoms with Crippen LogP contribution in [0.2, 0.25) is 0 Å². The Balaban J connectivity index is 1.30. The molecule has 0 spiro atoms. The van der Waals surface area contributed by atoms with Crippen LogP contribution >= 0.6 is 11.8 Å². The van der Waals surface area contributed by atoms with Gasteiger partial charge in [0.1, 0.15) is 0 Å². The van der Waals surface area contributed by atoms with E-state index in [4.69, 9.17) is 0 Å². The highest BCUT2D eigenvalue weighted by atomic mass is 32.2. The summed E-state index contributed by atoms with van der Waals surface area (Å²) in [5.74, 6) is -1.21. The summed E-state index contributed by atoms with van der Waals surface area (Å²) in [5, 5.41) is 25.0. The number of fused-ring (bicyclic) bond motifs is 1. The van der Waals surface area contributed by atoms with E-state index in [1.54, 1.807) is 60.1 Å². The van der Waals surface area contributed by atoms with Gasteiger partial charge >= 0.3 is 5.97 Å². The number of carbonyl (C=O) groups excluding carboxylic acids is 1. The van der Waals surface area contributed by atoms with E-state index in [1.165, 1.54) is 11.8 Å². The molecule has 0 saturated heterocycles. The smallest absolute Gasteiger partial charge is 0.336 e. The van der Waals surface area contributed by atoms with Crippen LogP contribution in [0, 0.1) is 0 Å². The average Bonchev–Trinajstić information content (AvgIpc) is 3.37. The fraction of sp³-hybridized carbons (Fsp3) is 0.0769. The van der Waals surface area contributed by atoms with Gasteiger partial charge in [-0.1, -0.05) is 60.3 Å². The first-order chi connectivity index (χ1) is 17.5. The van der Waals surface area contributed by atoms with Crippen molar-refractivity contribution in [1.82, 2.24) is 25.2 Å². The second-order valence-electron chi connectivity index (χ2n) is 7.91. The molecule has 0 aliphatic rings. The number of carboxylic acids is 1. The molecule has 2 aromatic heterocycles. The predicted molar refractivity (Wildman–Crippen MR) is 137 cm³/mol. The molecular weight excluding hydrogens is 476 g/mol. The van der Waals surface area contributed by atoms with Crippen molar-refractivity contribution >= 4 is 40.2 Å². The Kier molecular flexibility index (Phi) is 6.42. The van der Waals surface area contributed by atoms with E-state index in [9.17, 15) is 14.7 Å². The van der Waals surface area contributed by atoms with Crippen molar-refractivity contribution in [3.63, 3.8) is 0 Å². The van der Waals surface area contributed by atoms with Crippen molar-refractivity contribution in [2.24, 2.45) is 0 Å². The van der Waals surface area contributed by atoms with Crippen LogP contribution in [-0.2, 0) is 4.79 Å². The fourth-order valence-electron chi connectivity index (χ4n) is 3.66. The maximum atomic E-state index is 12.8. The molecule has 0 radical (unpaired) electrons. The van der Waals surface area contributed by atoms with Gasteiger partial charge in [-0.05, 0) is 53.7 Å². The maximum absolute atomic E-state index is 12.8. The summed E-state index contributed by atoms with van der Waals surface area (Å²) >= 11 is 1.25. The number of hydrogen-bond donors (Lipinski definition) is 2. The fourth-order valence-corrected chi connectivity index (χ4v) is 4.47. The van der Waals surface area contributed by atoms with Crippen LogP contribution in [0.4, 0.5) is 5.69 Å². The van der Waals surface area contributed by atoms with Crippen molar-refractivity contribution < 1.29 is 14.7 Å². The zero-order chi connectivity index (χ0) is 25.1. The summed E-state index contributed by atoms with van der Waals surface area (Å²) in [6, 6.07) is 25.3. The average molecular weight is 497 g/mol. The lowest BCUT2D eigenvalue weighted by Crippen LogP contribution is -2.22. The highest BCUT2D eigenvalue weighted by Crippen LogP contribution is 2.27. The molecule has 1 amide bonds. The number of aromatic carboxylic acids is 1. The molecule has 10 heteroatoms. The van der Waals surface area contributed by atoms with Gasteiger partial charge in [0, 0.05) is 16.6 Å². The number of pyridine rings is 1. The van der Waals surface area contributed by atoms with E-state index < -0.39 is 11.2 Å². The summed E-state index contributed by atoms with van der Waals surface area (Å²) < 4.78 is 1.59. The van der Waals surface area contributed by atoms with E-state index in [1.807, 2.05) is 36.4 Å². The maximum Gasteiger partial charge on any atom is 0.336 e. The third-order valence-corrected chi connectivity index (χ3v) is 6.52. The number of aromatic nitrogens is 5. The van der Waals surface area contributed by atoms with E-state index in [-0.39, 0.29) is 11.5 Å². The van der Waals surface area contributed by atoms with Gasteiger partial charge in [-0.15, -0.1) is 5.10 Å². The Morgan fingerprint density at radius 2 is 1.69 bits per heavy atom. The molecule has 0 aliphatic heterocycles. The van der Waals surface area contributed by atoms with Gasteiger partial charge in [0.25, 0.3) is 0 Å². The lowest BCUT2D eigenvalue weighted by molar-refractivity contribution is -0.115. The van der Waals surface area contributed by atoms with Crippen LogP contribution in [0.3, 0.4) is 0 Å². The Bertz CT molecular complexity index is 1550. The van der Waals surface area contributed by atoms with Crippen LogP contribution < -0.4 is 5.32 Å². The first-order valence-corrected chi connectivity index (χ1v) is 11.9. The number of hydrogen-bond acceptors (Lipinski definition) is 7. The quantitative estimate of drug-likeness (QED) is 0.311. The minimum atomic E-state index is -1.01. The normalized spacial score (nSPS) is 11.8. The Labute approximate surface area is 210 Å². The van der Waals surface area contributed by atoms with E-state index in [2.05, 4.69) is 25.8 Å². The molecule has 36 heavy (non-hydrogen) atoms. The third-order valence-electron chi connectivity index (χ3n) is 5.49.